The highest BCUT2D eigenvalue weighted by Gasteiger charge is 2.39. The third-order valence-electron chi connectivity index (χ3n) is 4.43. The fourth-order valence-electron chi connectivity index (χ4n) is 2.80. The van der Waals surface area contributed by atoms with Crippen molar-refractivity contribution < 1.29 is 4.79 Å². The summed E-state index contributed by atoms with van der Waals surface area (Å²) in [6.45, 7) is 2.69. The van der Waals surface area contributed by atoms with E-state index < -0.39 is 0 Å². The van der Waals surface area contributed by atoms with Crippen LogP contribution >= 0.6 is 11.8 Å². The van der Waals surface area contributed by atoms with Gasteiger partial charge in [0.2, 0.25) is 5.91 Å². The molecule has 0 radical (unpaired) electrons. The van der Waals surface area contributed by atoms with Crippen LogP contribution in [0.5, 0.6) is 0 Å². The molecule has 0 unspecified atom stereocenters. The van der Waals surface area contributed by atoms with Crippen LogP contribution in [0.25, 0.3) is 0 Å². The first-order chi connectivity index (χ1) is 9.59. The molecule has 110 valence electrons. The number of anilines is 1. The van der Waals surface area contributed by atoms with E-state index in [1.165, 1.54) is 0 Å². The summed E-state index contributed by atoms with van der Waals surface area (Å²) in [6, 6.07) is 7.96. The van der Waals surface area contributed by atoms with Gasteiger partial charge in [-0.1, -0.05) is 13.0 Å². The lowest BCUT2D eigenvalue weighted by atomic mass is 9.70. The van der Waals surface area contributed by atoms with Gasteiger partial charge in [-0.05, 0) is 56.1 Å². The molecular formula is C16H24N2OS. The Morgan fingerprint density at radius 1 is 1.45 bits per heavy atom. The Morgan fingerprint density at radius 3 is 2.75 bits per heavy atom. The summed E-state index contributed by atoms with van der Waals surface area (Å²) in [7, 11) is 0. The lowest BCUT2D eigenvalue weighted by Gasteiger charge is -2.37. The van der Waals surface area contributed by atoms with Crippen LogP contribution in [0.3, 0.4) is 0 Å². The fraction of sp³-hybridized carbons (Fsp3) is 0.562. The number of hydrogen-bond donors (Lipinski definition) is 2. The Morgan fingerprint density at radius 2 is 2.15 bits per heavy atom. The van der Waals surface area contributed by atoms with E-state index in [1.807, 2.05) is 30.5 Å². The van der Waals surface area contributed by atoms with Crippen molar-refractivity contribution in [3.05, 3.63) is 24.3 Å². The first-order valence-corrected chi connectivity index (χ1v) is 8.48. The van der Waals surface area contributed by atoms with Crippen LogP contribution in [0.2, 0.25) is 0 Å². The van der Waals surface area contributed by atoms with Crippen LogP contribution < -0.4 is 11.1 Å². The SMILES string of the molecule is CSc1cccc(NC(=O)C2(CN)CCC(C)CC2)c1. The normalized spacial score (nSPS) is 26.2. The van der Waals surface area contributed by atoms with Crippen molar-refractivity contribution in [2.75, 3.05) is 18.1 Å². The topological polar surface area (TPSA) is 55.1 Å². The van der Waals surface area contributed by atoms with E-state index in [0.29, 0.717) is 12.5 Å². The Labute approximate surface area is 125 Å². The van der Waals surface area contributed by atoms with E-state index in [9.17, 15) is 4.79 Å². The summed E-state index contributed by atoms with van der Waals surface area (Å²) >= 11 is 1.67. The van der Waals surface area contributed by atoms with Crippen LogP contribution in [0.15, 0.2) is 29.2 Å². The van der Waals surface area contributed by atoms with E-state index in [1.54, 1.807) is 11.8 Å². The largest absolute Gasteiger partial charge is 0.329 e. The molecule has 4 heteroatoms. The summed E-state index contributed by atoms with van der Waals surface area (Å²) in [5.41, 5.74) is 6.43. The minimum Gasteiger partial charge on any atom is -0.329 e. The van der Waals surface area contributed by atoms with Crippen LogP contribution in [0, 0.1) is 11.3 Å². The monoisotopic (exact) mass is 292 g/mol. The highest BCUT2D eigenvalue weighted by atomic mass is 32.2. The number of benzene rings is 1. The van der Waals surface area contributed by atoms with Crippen LogP contribution in [0.1, 0.15) is 32.6 Å². The van der Waals surface area contributed by atoms with E-state index in [-0.39, 0.29) is 11.3 Å². The standard InChI is InChI=1S/C16H24N2OS/c1-12-6-8-16(11-17,9-7-12)15(19)18-13-4-3-5-14(10-13)20-2/h3-5,10,12H,6-9,11,17H2,1-2H3,(H,18,19). The summed E-state index contributed by atoms with van der Waals surface area (Å²) < 4.78 is 0. The lowest BCUT2D eigenvalue weighted by molar-refractivity contribution is -0.127. The third kappa shape index (κ3) is 3.36. The summed E-state index contributed by atoms with van der Waals surface area (Å²) in [4.78, 5) is 13.8. The van der Waals surface area contributed by atoms with Crippen molar-refractivity contribution in [2.45, 2.75) is 37.5 Å². The van der Waals surface area contributed by atoms with Gasteiger partial charge in [0.25, 0.3) is 0 Å². The Hall–Kier alpha value is -1.00. The maximum absolute atomic E-state index is 12.6. The molecule has 0 atom stereocenters. The predicted molar refractivity (Wildman–Crippen MR) is 86.0 cm³/mol. The van der Waals surface area contributed by atoms with Crippen molar-refractivity contribution in [1.29, 1.82) is 0 Å². The van der Waals surface area contributed by atoms with Crippen LogP contribution in [-0.2, 0) is 4.79 Å². The Balaban J connectivity index is 2.09. The molecule has 1 aromatic rings. The van der Waals surface area contributed by atoms with Gasteiger partial charge < -0.3 is 11.1 Å². The molecule has 0 aliphatic heterocycles. The second-order valence-electron chi connectivity index (χ2n) is 5.85. The molecule has 0 heterocycles. The second-order valence-corrected chi connectivity index (χ2v) is 6.73. The van der Waals surface area contributed by atoms with Gasteiger partial charge in [-0.25, -0.2) is 0 Å². The van der Waals surface area contributed by atoms with Crippen molar-refractivity contribution in [3.63, 3.8) is 0 Å². The average Bonchev–Trinajstić information content (AvgIpc) is 2.48. The zero-order valence-electron chi connectivity index (χ0n) is 12.3. The van der Waals surface area contributed by atoms with Crippen LogP contribution in [-0.4, -0.2) is 18.7 Å². The number of carbonyl (C=O) groups excluding carboxylic acids is 1. The molecule has 0 saturated heterocycles. The van der Waals surface area contributed by atoms with Crippen molar-refractivity contribution in [3.8, 4) is 0 Å². The maximum atomic E-state index is 12.6. The number of hydrogen-bond acceptors (Lipinski definition) is 3. The van der Waals surface area contributed by atoms with Gasteiger partial charge in [0.05, 0.1) is 5.41 Å². The van der Waals surface area contributed by atoms with E-state index in [0.717, 1.165) is 36.3 Å². The summed E-state index contributed by atoms with van der Waals surface area (Å²) in [5, 5.41) is 3.06. The quantitative estimate of drug-likeness (QED) is 0.835. The van der Waals surface area contributed by atoms with E-state index >= 15 is 0 Å². The van der Waals surface area contributed by atoms with Gasteiger partial charge in [0.15, 0.2) is 0 Å². The number of rotatable bonds is 4. The molecule has 0 spiro atoms. The minimum atomic E-state index is -0.373. The van der Waals surface area contributed by atoms with Gasteiger partial charge >= 0.3 is 0 Å². The smallest absolute Gasteiger partial charge is 0.231 e. The average molecular weight is 292 g/mol. The molecule has 3 nitrogen and oxygen atoms in total. The highest BCUT2D eigenvalue weighted by molar-refractivity contribution is 7.98. The zero-order valence-corrected chi connectivity index (χ0v) is 13.1. The third-order valence-corrected chi connectivity index (χ3v) is 5.16. The molecule has 1 aliphatic carbocycles. The van der Waals surface area contributed by atoms with Gasteiger partial charge in [0.1, 0.15) is 0 Å². The Kier molecular flexibility index (Phi) is 5.11. The molecule has 1 aliphatic rings. The molecule has 20 heavy (non-hydrogen) atoms. The minimum absolute atomic E-state index is 0.0881. The van der Waals surface area contributed by atoms with Crippen molar-refractivity contribution >= 4 is 23.4 Å². The van der Waals surface area contributed by atoms with Crippen LogP contribution in [0.4, 0.5) is 5.69 Å². The van der Waals surface area contributed by atoms with E-state index in [4.69, 9.17) is 5.73 Å². The summed E-state index contributed by atoms with van der Waals surface area (Å²) in [6.07, 6.45) is 6.02. The van der Waals surface area contributed by atoms with Gasteiger partial charge in [-0.15, -0.1) is 11.8 Å². The first-order valence-electron chi connectivity index (χ1n) is 7.25. The molecule has 0 aromatic heterocycles. The predicted octanol–water partition coefficient (Wildman–Crippen LogP) is 3.50. The fourth-order valence-corrected chi connectivity index (χ4v) is 3.26. The highest BCUT2D eigenvalue weighted by Crippen LogP contribution is 2.39. The lowest BCUT2D eigenvalue weighted by Crippen LogP contribution is -2.44. The number of nitrogens with one attached hydrogen (secondary N) is 1. The number of carbonyl (C=O) groups is 1. The van der Waals surface area contributed by atoms with Crippen molar-refractivity contribution in [2.24, 2.45) is 17.1 Å². The van der Waals surface area contributed by atoms with Gasteiger partial charge in [0, 0.05) is 17.1 Å². The molecule has 0 bridgehead atoms. The zero-order chi connectivity index (χ0) is 14.6. The van der Waals surface area contributed by atoms with Gasteiger partial charge in [-0.2, -0.15) is 0 Å². The molecule has 1 aromatic carbocycles. The molecular weight excluding hydrogens is 268 g/mol. The van der Waals surface area contributed by atoms with Crippen molar-refractivity contribution in [1.82, 2.24) is 0 Å². The number of nitrogens with two attached hydrogens (primary N) is 1. The maximum Gasteiger partial charge on any atom is 0.231 e. The van der Waals surface area contributed by atoms with E-state index in [2.05, 4.69) is 12.2 Å². The number of amides is 1. The number of thioether (sulfide) groups is 1. The van der Waals surface area contributed by atoms with Gasteiger partial charge in [-0.3, -0.25) is 4.79 Å². The molecule has 1 fully saturated rings. The molecule has 2 rings (SSSR count). The second kappa shape index (κ2) is 6.64. The molecule has 1 saturated carbocycles. The summed E-state index contributed by atoms with van der Waals surface area (Å²) in [5.74, 6) is 0.799. The first kappa shape index (κ1) is 15.4. The molecule has 3 N–H and O–H groups in total. The Bertz CT molecular complexity index is 467. The molecule has 1 amide bonds.